The Kier molecular flexibility index (Phi) is 4.03. The van der Waals surface area contributed by atoms with Crippen molar-refractivity contribution in [1.29, 1.82) is 0 Å². The number of benzene rings is 1. The molecule has 112 valence electrons. The molecule has 1 aromatic rings. The lowest BCUT2D eigenvalue weighted by Gasteiger charge is -2.18. The van der Waals surface area contributed by atoms with Crippen molar-refractivity contribution in [2.45, 2.75) is 24.2 Å². The van der Waals surface area contributed by atoms with Gasteiger partial charge in [-0.15, -0.1) is 0 Å². The number of fused-ring (bicyclic) bond motifs is 1. The van der Waals surface area contributed by atoms with Crippen molar-refractivity contribution in [2.75, 3.05) is 19.7 Å². The molecule has 0 amide bonds. The number of hydrogen-bond acceptors (Lipinski definition) is 3. The van der Waals surface area contributed by atoms with E-state index in [-0.39, 0.29) is 11.5 Å². The molecular weight excluding hydrogens is 286 g/mol. The van der Waals surface area contributed by atoms with Crippen molar-refractivity contribution in [1.82, 2.24) is 4.31 Å². The first-order chi connectivity index (χ1) is 10.1. The van der Waals surface area contributed by atoms with Crippen molar-refractivity contribution < 1.29 is 13.5 Å². The van der Waals surface area contributed by atoms with Crippen molar-refractivity contribution in [3.05, 3.63) is 29.8 Å². The summed E-state index contributed by atoms with van der Waals surface area (Å²) >= 11 is 0. The zero-order valence-corrected chi connectivity index (χ0v) is 12.6. The quantitative estimate of drug-likeness (QED) is 0.842. The highest BCUT2D eigenvalue weighted by molar-refractivity contribution is 7.89. The van der Waals surface area contributed by atoms with Gasteiger partial charge in [-0.25, -0.2) is 8.42 Å². The van der Waals surface area contributed by atoms with Crippen LogP contribution >= 0.6 is 0 Å². The van der Waals surface area contributed by atoms with Crippen LogP contribution in [-0.2, 0) is 10.0 Å². The second-order valence-electron chi connectivity index (χ2n) is 5.73. The van der Waals surface area contributed by atoms with Crippen LogP contribution in [0.25, 0.3) is 0 Å². The molecule has 2 unspecified atom stereocenters. The van der Waals surface area contributed by atoms with Gasteiger partial charge in [0.1, 0.15) is 6.61 Å². The lowest BCUT2D eigenvalue weighted by Crippen LogP contribution is -2.30. The van der Waals surface area contributed by atoms with Crippen LogP contribution in [0.5, 0.6) is 0 Å². The Morgan fingerprint density at radius 2 is 1.86 bits per heavy atom. The first-order valence-electron chi connectivity index (χ1n) is 7.32. The van der Waals surface area contributed by atoms with Gasteiger partial charge in [0.2, 0.25) is 10.0 Å². The van der Waals surface area contributed by atoms with Crippen LogP contribution in [0.3, 0.4) is 0 Å². The van der Waals surface area contributed by atoms with Gasteiger partial charge in [-0.2, -0.15) is 4.31 Å². The lowest BCUT2D eigenvalue weighted by molar-refractivity contribution is 0.350. The van der Waals surface area contributed by atoms with Crippen LogP contribution in [0.1, 0.15) is 24.8 Å². The summed E-state index contributed by atoms with van der Waals surface area (Å²) in [4.78, 5) is 0.255. The minimum Gasteiger partial charge on any atom is -0.384 e. The van der Waals surface area contributed by atoms with Crippen LogP contribution in [-0.4, -0.2) is 37.5 Å². The van der Waals surface area contributed by atoms with Crippen LogP contribution in [0, 0.1) is 23.7 Å². The van der Waals surface area contributed by atoms with E-state index in [0.29, 0.717) is 30.5 Å². The fourth-order valence-electron chi connectivity index (χ4n) is 3.46. The van der Waals surface area contributed by atoms with Gasteiger partial charge in [-0.3, -0.25) is 0 Å². The fraction of sp³-hybridized carbons (Fsp3) is 0.500. The van der Waals surface area contributed by atoms with Crippen molar-refractivity contribution in [3.8, 4) is 11.8 Å². The van der Waals surface area contributed by atoms with Gasteiger partial charge in [0.15, 0.2) is 0 Å². The largest absolute Gasteiger partial charge is 0.384 e. The number of sulfonamides is 1. The molecule has 1 N–H and O–H groups in total. The molecule has 0 bridgehead atoms. The minimum absolute atomic E-state index is 0.255. The highest BCUT2D eigenvalue weighted by Crippen LogP contribution is 2.40. The van der Waals surface area contributed by atoms with Gasteiger partial charge in [0.25, 0.3) is 0 Å². The molecule has 4 nitrogen and oxygen atoms in total. The van der Waals surface area contributed by atoms with E-state index in [0.717, 1.165) is 12.8 Å². The van der Waals surface area contributed by atoms with Gasteiger partial charge < -0.3 is 5.11 Å². The molecule has 5 heteroatoms. The average molecular weight is 305 g/mol. The summed E-state index contributed by atoms with van der Waals surface area (Å²) in [7, 11) is -3.49. The SMILES string of the molecule is O=S(=O)(c1ccccc1C#CCO)N1CC2CCCC2C1. The molecule has 2 aliphatic rings. The summed E-state index contributed by atoms with van der Waals surface area (Å²) in [5.74, 6) is 6.31. The van der Waals surface area contributed by atoms with Gasteiger partial charge in [-0.1, -0.05) is 30.4 Å². The summed E-state index contributed by atoms with van der Waals surface area (Å²) < 4.78 is 27.3. The van der Waals surface area contributed by atoms with Crippen LogP contribution in [0.4, 0.5) is 0 Å². The zero-order chi connectivity index (χ0) is 14.9. The molecule has 1 saturated heterocycles. The van der Waals surface area contributed by atoms with Crippen molar-refractivity contribution in [2.24, 2.45) is 11.8 Å². The van der Waals surface area contributed by atoms with Gasteiger partial charge >= 0.3 is 0 Å². The Morgan fingerprint density at radius 3 is 2.52 bits per heavy atom. The van der Waals surface area contributed by atoms with E-state index in [1.54, 1.807) is 28.6 Å². The number of aliphatic hydroxyl groups is 1. The van der Waals surface area contributed by atoms with E-state index in [4.69, 9.17) is 5.11 Å². The second-order valence-corrected chi connectivity index (χ2v) is 7.64. The van der Waals surface area contributed by atoms with Gasteiger partial charge in [0, 0.05) is 18.7 Å². The summed E-state index contributed by atoms with van der Waals surface area (Å²) in [5, 5.41) is 8.81. The average Bonchev–Trinajstić information content (AvgIpc) is 3.07. The molecule has 3 rings (SSSR count). The maximum atomic E-state index is 12.8. The van der Waals surface area contributed by atoms with E-state index < -0.39 is 10.0 Å². The molecule has 1 saturated carbocycles. The van der Waals surface area contributed by atoms with E-state index in [1.807, 2.05) is 0 Å². The summed E-state index contributed by atoms with van der Waals surface area (Å²) in [6, 6.07) is 6.77. The third-order valence-electron chi connectivity index (χ3n) is 4.50. The lowest BCUT2D eigenvalue weighted by atomic mass is 10.0. The highest BCUT2D eigenvalue weighted by atomic mass is 32.2. The summed E-state index contributed by atoms with van der Waals surface area (Å²) in [5.41, 5.74) is 0.462. The molecule has 21 heavy (non-hydrogen) atoms. The second kappa shape index (κ2) is 5.80. The first kappa shape index (κ1) is 14.6. The maximum Gasteiger partial charge on any atom is 0.244 e. The Labute approximate surface area is 125 Å². The van der Waals surface area contributed by atoms with E-state index in [9.17, 15) is 8.42 Å². The zero-order valence-electron chi connectivity index (χ0n) is 11.8. The Balaban J connectivity index is 1.92. The topological polar surface area (TPSA) is 57.6 Å². The highest BCUT2D eigenvalue weighted by Gasteiger charge is 2.41. The van der Waals surface area contributed by atoms with Crippen molar-refractivity contribution >= 4 is 10.0 Å². The first-order valence-corrected chi connectivity index (χ1v) is 8.76. The summed E-state index contributed by atoms with van der Waals surface area (Å²) in [6.07, 6.45) is 3.51. The Hall–Kier alpha value is -1.35. The van der Waals surface area contributed by atoms with Crippen LogP contribution in [0.2, 0.25) is 0 Å². The molecule has 1 aliphatic heterocycles. The maximum absolute atomic E-state index is 12.8. The normalized spacial score (nSPS) is 25.4. The molecule has 0 spiro atoms. The van der Waals surface area contributed by atoms with Gasteiger partial charge in [-0.05, 0) is 36.8 Å². The Bertz CT molecular complexity index is 675. The monoisotopic (exact) mass is 305 g/mol. The smallest absolute Gasteiger partial charge is 0.244 e. The molecule has 0 aromatic heterocycles. The molecule has 1 aliphatic carbocycles. The molecule has 1 heterocycles. The third kappa shape index (κ3) is 2.71. The fourth-order valence-corrected chi connectivity index (χ4v) is 5.16. The number of rotatable bonds is 2. The number of nitrogens with zero attached hydrogens (tertiary/aromatic N) is 1. The van der Waals surface area contributed by atoms with Crippen LogP contribution in [0.15, 0.2) is 29.2 Å². The predicted molar refractivity (Wildman–Crippen MR) is 80.0 cm³/mol. The predicted octanol–water partition coefficient (Wildman–Crippen LogP) is 1.45. The number of aliphatic hydroxyl groups excluding tert-OH is 1. The van der Waals surface area contributed by atoms with Crippen molar-refractivity contribution in [3.63, 3.8) is 0 Å². The molecule has 2 fully saturated rings. The Morgan fingerprint density at radius 1 is 1.19 bits per heavy atom. The molecule has 1 aromatic carbocycles. The van der Waals surface area contributed by atoms with E-state index in [2.05, 4.69) is 11.8 Å². The minimum atomic E-state index is -3.49. The molecule has 0 radical (unpaired) electrons. The molecule has 2 atom stereocenters. The number of hydrogen-bond donors (Lipinski definition) is 1. The standard InChI is InChI=1S/C16H19NO3S/c18-10-4-8-13-5-1-2-9-16(13)21(19,20)17-11-14-6-3-7-15(14)12-17/h1-2,5,9,14-15,18H,3,6-7,10-12H2. The van der Waals surface area contributed by atoms with E-state index in [1.165, 1.54) is 6.42 Å². The summed E-state index contributed by atoms with van der Waals surface area (Å²) in [6.45, 7) is 0.992. The van der Waals surface area contributed by atoms with E-state index >= 15 is 0 Å². The third-order valence-corrected chi connectivity index (χ3v) is 6.39. The van der Waals surface area contributed by atoms with Crippen LogP contribution < -0.4 is 0 Å². The van der Waals surface area contributed by atoms with Gasteiger partial charge in [0.05, 0.1) is 4.90 Å². The molecular formula is C16H19NO3S.